The topological polar surface area (TPSA) is 3.24 Å². The summed E-state index contributed by atoms with van der Waals surface area (Å²) in [6, 6.07) is 4.49. The Balaban J connectivity index is 2.52. The van der Waals surface area contributed by atoms with Gasteiger partial charge in [-0.1, -0.05) is 17.7 Å². The first-order chi connectivity index (χ1) is 7.49. The standard InChI is InChI=1S/C12H16Cl2FN/c1-9(13)5-6-16(2)8-10-3-4-11(15)7-12(10)14/h3-4,7,9H,5-6,8H2,1-2H3. The second-order valence-corrected chi connectivity index (χ2v) is 5.20. The van der Waals surface area contributed by atoms with E-state index < -0.39 is 0 Å². The summed E-state index contributed by atoms with van der Waals surface area (Å²) in [5.41, 5.74) is 0.938. The molecule has 1 nitrogen and oxygen atoms in total. The highest BCUT2D eigenvalue weighted by Crippen LogP contribution is 2.18. The van der Waals surface area contributed by atoms with Gasteiger partial charge in [-0.15, -0.1) is 11.6 Å². The molecule has 1 rings (SSSR count). The molecule has 1 unspecified atom stereocenters. The number of hydrogen-bond donors (Lipinski definition) is 0. The Hall–Kier alpha value is -0.310. The van der Waals surface area contributed by atoms with Gasteiger partial charge in [0, 0.05) is 16.9 Å². The van der Waals surface area contributed by atoms with Crippen molar-refractivity contribution in [3.8, 4) is 0 Å². The molecule has 90 valence electrons. The van der Waals surface area contributed by atoms with Gasteiger partial charge in [0.05, 0.1) is 0 Å². The zero-order chi connectivity index (χ0) is 12.1. The van der Waals surface area contributed by atoms with E-state index in [1.807, 2.05) is 14.0 Å². The average Bonchev–Trinajstić information content (AvgIpc) is 2.19. The summed E-state index contributed by atoms with van der Waals surface area (Å²) in [5, 5.41) is 0.650. The molecule has 0 fully saturated rings. The Morgan fingerprint density at radius 2 is 2.12 bits per heavy atom. The minimum atomic E-state index is -0.300. The number of benzene rings is 1. The fourth-order valence-corrected chi connectivity index (χ4v) is 1.74. The van der Waals surface area contributed by atoms with Crippen LogP contribution in [0.3, 0.4) is 0 Å². The summed E-state index contributed by atoms with van der Waals surface area (Å²) in [4.78, 5) is 2.12. The lowest BCUT2D eigenvalue weighted by Crippen LogP contribution is -2.21. The first kappa shape index (κ1) is 13.8. The van der Waals surface area contributed by atoms with Gasteiger partial charge in [0.2, 0.25) is 0 Å². The lowest BCUT2D eigenvalue weighted by atomic mass is 10.2. The molecule has 0 saturated heterocycles. The zero-order valence-electron chi connectivity index (χ0n) is 9.51. The smallest absolute Gasteiger partial charge is 0.124 e. The third-order valence-corrected chi connectivity index (χ3v) is 2.93. The molecule has 1 aromatic rings. The highest BCUT2D eigenvalue weighted by atomic mass is 35.5. The first-order valence-electron chi connectivity index (χ1n) is 5.25. The Morgan fingerprint density at radius 3 is 2.69 bits per heavy atom. The van der Waals surface area contributed by atoms with Crippen molar-refractivity contribution in [2.45, 2.75) is 25.3 Å². The van der Waals surface area contributed by atoms with Crippen molar-refractivity contribution in [1.82, 2.24) is 4.90 Å². The van der Waals surface area contributed by atoms with Gasteiger partial charge in [-0.05, 0) is 44.6 Å². The van der Waals surface area contributed by atoms with Crippen LogP contribution in [0.15, 0.2) is 18.2 Å². The fraction of sp³-hybridized carbons (Fsp3) is 0.500. The molecular formula is C12H16Cl2FN. The molecule has 0 aliphatic carbocycles. The molecule has 0 aliphatic rings. The Kier molecular flexibility index (Phi) is 5.53. The number of nitrogens with zero attached hydrogens (tertiary/aromatic N) is 1. The van der Waals surface area contributed by atoms with E-state index in [1.54, 1.807) is 6.07 Å². The SMILES string of the molecule is CC(Cl)CCN(C)Cc1ccc(F)cc1Cl. The average molecular weight is 264 g/mol. The van der Waals surface area contributed by atoms with Crippen LogP contribution < -0.4 is 0 Å². The summed E-state index contributed by atoms with van der Waals surface area (Å²) in [5.74, 6) is -0.300. The van der Waals surface area contributed by atoms with Crippen LogP contribution in [-0.2, 0) is 6.54 Å². The van der Waals surface area contributed by atoms with E-state index in [0.717, 1.165) is 18.5 Å². The van der Waals surface area contributed by atoms with E-state index in [9.17, 15) is 4.39 Å². The zero-order valence-corrected chi connectivity index (χ0v) is 11.0. The molecule has 0 N–H and O–H groups in total. The number of halogens is 3. The maximum absolute atomic E-state index is 12.8. The molecule has 0 saturated carbocycles. The Labute approximate surface area is 106 Å². The second kappa shape index (κ2) is 6.43. The molecule has 0 bridgehead atoms. The van der Waals surface area contributed by atoms with Crippen molar-refractivity contribution < 1.29 is 4.39 Å². The summed E-state index contributed by atoms with van der Waals surface area (Å²) in [6.45, 7) is 3.58. The Bertz CT molecular complexity index is 342. The van der Waals surface area contributed by atoms with Gasteiger partial charge < -0.3 is 4.90 Å². The quantitative estimate of drug-likeness (QED) is 0.728. The monoisotopic (exact) mass is 263 g/mol. The molecule has 0 spiro atoms. The van der Waals surface area contributed by atoms with E-state index in [2.05, 4.69) is 4.90 Å². The third-order valence-electron chi connectivity index (χ3n) is 2.36. The summed E-state index contributed by atoms with van der Waals surface area (Å²) >= 11 is 11.8. The van der Waals surface area contributed by atoms with Gasteiger partial charge in [-0.25, -0.2) is 4.39 Å². The molecule has 16 heavy (non-hydrogen) atoms. The highest BCUT2D eigenvalue weighted by Gasteiger charge is 2.06. The predicted molar refractivity (Wildman–Crippen MR) is 67.7 cm³/mol. The molecule has 0 amide bonds. The molecule has 1 atom stereocenters. The minimum absolute atomic E-state index is 0.172. The first-order valence-corrected chi connectivity index (χ1v) is 6.07. The number of hydrogen-bond acceptors (Lipinski definition) is 1. The van der Waals surface area contributed by atoms with E-state index in [4.69, 9.17) is 23.2 Å². The van der Waals surface area contributed by atoms with Crippen LogP contribution in [0, 0.1) is 5.82 Å². The molecule has 4 heteroatoms. The molecular weight excluding hydrogens is 248 g/mol. The molecule has 0 aliphatic heterocycles. The lowest BCUT2D eigenvalue weighted by molar-refractivity contribution is 0.321. The van der Waals surface area contributed by atoms with Crippen LogP contribution in [0.1, 0.15) is 18.9 Å². The van der Waals surface area contributed by atoms with Crippen molar-refractivity contribution in [3.05, 3.63) is 34.6 Å². The van der Waals surface area contributed by atoms with Crippen molar-refractivity contribution in [2.75, 3.05) is 13.6 Å². The van der Waals surface area contributed by atoms with Crippen LogP contribution in [0.2, 0.25) is 5.02 Å². The van der Waals surface area contributed by atoms with Crippen LogP contribution in [0.25, 0.3) is 0 Å². The number of rotatable bonds is 5. The highest BCUT2D eigenvalue weighted by molar-refractivity contribution is 6.31. The minimum Gasteiger partial charge on any atom is -0.302 e. The third kappa shape index (κ3) is 4.69. The molecule has 0 radical (unpaired) electrons. The van der Waals surface area contributed by atoms with Crippen LogP contribution in [-0.4, -0.2) is 23.9 Å². The second-order valence-electron chi connectivity index (χ2n) is 4.04. The maximum atomic E-state index is 12.8. The molecule has 0 aromatic heterocycles. The lowest BCUT2D eigenvalue weighted by Gasteiger charge is -2.18. The summed E-state index contributed by atoms with van der Waals surface area (Å²) < 4.78 is 12.8. The summed E-state index contributed by atoms with van der Waals surface area (Å²) in [7, 11) is 2.00. The van der Waals surface area contributed by atoms with Crippen molar-refractivity contribution in [2.24, 2.45) is 0 Å². The van der Waals surface area contributed by atoms with Crippen LogP contribution >= 0.6 is 23.2 Å². The van der Waals surface area contributed by atoms with Crippen LogP contribution in [0.4, 0.5) is 4.39 Å². The molecule has 1 aromatic carbocycles. The van der Waals surface area contributed by atoms with Gasteiger partial charge in [0.1, 0.15) is 5.82 Å². The van der Waals surface area contributed by atoms with Gasteiger partial charge in [-0.3, -0.25) is 0 Å². The normalized spacial score (nSPS) is 13.1. The largest absolute Gasteiger partial charge is 0.302 e. The van der Waals surface area contributed by atoms with E-state index in [0.29, 0.717) is 11.6 Å². The number of alkyl halides is 1. The van der Waals surface area contributed by atoms with E-state index >= 15 is 0 Å². The van der Waals surface area contributed by atoms with Crippen molar-refractivity contribution >= 4 is 23.2 Å². The van der Waals surface area contributed by atoms with Gasteiger partial charge in [0.15, 0.2) is 0 Å². The Morgan fingerprint density at radius 1 is 1.44 bits per heavy atom. The maximum Gasteiger partial charge on any atom is 0.124 e. The van der Waals surface area contributed by atoms with E-state index in [1.165, 1.54) is 12.1 Å². The van der Waals surface area contributed by atoms with Crippen LogP contribution in [0.5, 0.6) is 0 Å². The summed E-state index contributed by atoms with van der Waals surface area (Å²) in [6.07, 6.45) is 0.927. The van der Waals surface area contributed by atoms with Crippen molar-refractivity contribution in [1.29, 1.82) is 0 Å². The molecule has 0 heterocycles. The fourth-order valence-electron chi connectivity index (χ4n) is 1.42. The van der Waals surface area contributed by atoms with E-state index in [-0.39, 0.29) is 11.2 Å². The van der Waals surface area contributed by atoms with Gasteiger partial charge >= 0.3 is 0 Å². The van der Waals surface area contributed by atoms with Gasteiger partial charge in [-0.2, -0.15) is 0 Å². The van der Waals surface area contributed by atoms with Gasteiger partial charge in [0.25, 0.3) is 0 Å². The van der Waals surface area contributed by atoms with Crippen molar-refractivity contribution in [3.63, 3.8) is 0 Å². The predicted octanol–water partition coefficient (Wildman–Crippen LogP) is 3.93.